The lowest BCUT2D eigenvalue weighted by molar-refractivity contribution is 0.484. The van der Waals surface area contributed by atoms with E-state index in [1.54, 1.807) is 23.4 Å². The number of fused-ring (bicyclic) bond motifs is 1. The van der Waals surface area contributed by atoms with Crippen LogP contribution >= 0.6 is 42.1 Å². The Hall–Kier alpha value is -2.04. The first-order valence-electron chi connectivity index (χ1n) is 8.73. The largest absolute Gasteiger partial charge is 0.457 e. The fourth-order valence-corrected chi connectivity index (χ4v) is 4.97. The van der Waals surface area contributed by atoms with Gasteiger partial charge < -0.3 is 15.0 Å². The second kappa shape index (κ2) is 8.37. The monoisotopic (exact) mass is 535 g/mol. The Morgan fingerprint density at radius 3 is 2.52 bits per heavy atom. The van der Waals surface area contributed by atoms with Gasteiger partial charge in [0, 0.05) is 76.9 Å². The number of hydrogen-bond acceptors (Lipinski definition) is 5. The molecule has 0 spiro atoms. The third-order valence-electron chi connectivity index (χ3n) is 4.64. The summed E-state index contributed by atoms with van der Waals surface area (Å²) in [6.45, 7) is 0. The molecule has 2 N–H and O–H groups in total. The molecule has 148 valence electrons. The first kappa shape index (κ1) is 20.2. The topological polar surface area (TPSA) is 62.2 Å². The highest BCUT2D eigenvalue weighted by atomic mass is 127. The zero-order valence-corrected chi connectivity index (χ0v) is 19.5. The fourth-order valence-electron chi connectivity index (χ4n) is 3.22. The molecule has 0 radical (unpaired) electrons. The van der Waals surface area contributed by atoms with E-state index < -0.39 is 0 Å². The van der Waals surface area contributed by atoms with E-state index >= 15 is 0 Å². The molecule has 2 aromatic carbocycles. The Kier molecular flexibility index (Phi) is 5.84. The molecule has 0 saturated carbocycles. The summed E-state index contributed by atoms with van der Waals surface area (Å²) in [6.07, 6.45) is 5.78. The number of pyridine rings is 1. The fraction of sp³-hybridized carbons (Fsp3) is 0.0952. The third-order valence-corrected chi connectivity index (χ3v) is 7.11. The molecule has 4 rings (SSSR count). The summed E-state index contributed by atoms with van der Waals surface area (Å²) in [5.41, 5.74) is 9.07. The first-order chi connectivity index (χ1) is 14.0. The lowest BCUT2D eigenvalue weighted by Gasteiger charge is -2.14. The molecule has 4 aromatic rings. The molecule has 0 bridgehead atoms. The van der Waals surface area contributed by atoms with Gasteiger partial charge in [-0.3, -0.25) is 8.77 Å². The van der Waals surface area contributed by atoms with Crippen molar-refractivity contribution in [3.05, 3.63) is 71.3 Å². The van der Waals surface area contributed by atoms with Crippen molar-refractivity contribution < 1.29 is 4.74 Å². The minimum atomic E-state index is -0.0445. The third kappa shape index (κ3) is 3.88. The van der Waals surface area contributed by atoms with E-state index in [2.05, 4.69) is 21.2 Å². The van der Waals surface area contributed by atoms with Crippen LogP contribution in [0.2, 0.25) is 0 Å². The second-order valence-corrected chi connectivity index (χ2v) is 9.06. The summed E-state index contributed by atoms with van der Waals surface area (Å²) in [5.74, 6) is 1.43. The summed E-state index contributed by atoms with van der Waals surface area (Å²) in [7, 11) is 3.22. The number of anilines is 1. The van der Waals surface area contributed by atoms with Gasteiger partial charge in [0.15, 0.2) is 0 Å². The van der Waals surface area contributed by atoms with Crippen LogP contribution in [0.25, 0.3) is 22.0 Å². The van der Waals surface area contributed by atoms with Gasteiger partial charge in [-0.15, -0.1) is 11.8 Å². The Balaban J connectivity index is 1.89. The van der Waals surface area contributed by atoms with E-state index in [1.807, 2.05) is 71.2 Å². The Morgan fingerprint density at radius 2 is 1.83 bits per heavy atom. The SMILES string of the molecule is CSc1ccc(Oc2ccc(N)cc2-c2cn(C)c(=O)c3c2ccn3SI)cc1. The van der Waals surface area contributed by atoms with Crippen molar-refractivity contribution in [1.29, 1.82) is 0 Å². The van der Waals surface area contributed by atoms with Gasteiger partial charge in [-0.05, 0) is 54.8 Å². The van der Waals surface area contributed by atoms with Crippen molar-refractivity contribution in [2.45, 2.75) is 4.90 Å². The number of halogens is 1. The van der Waals surface area contributed by atoms with Crippen molar-refractivity contribution >= 4 is 58.7 Å². The number of aromatic nitrogens is 2. The molecule has 0 aliphatic carbocycles. The van der Waals surface area contributed by atoms with Crippen LogP contribution < -0.4 is 16.0 Å². The van der Waals surface area contributed by atoms with Crippen LogP contribution in [-0.4, -0.2) is 14.8 Å². The van der Waals surface area contributed by atoms with E-state index in [-0.39, 0.29) is 5.56 Å². The average molecular weight is 535 g/mol. The van der Waals surface area contributed by atoms with Crippen molar-refractivity contribution in [1.82, 2.24) is 8.54 Å². The maximum atomic E-state index is 12.7. The van der Waals surface area contributed by atoms with E-state index in [4.69, 9.17) is 10.5 Å². The van der Waals surface area contributed by atoms with Crippen LogP contribution in [-0.2, 0) is 7.05 Å². The number of rotatable bonds is 5. The number of nitrogen functional groups attached to an aromatic ring is 1. The maximum absolute atomic E-state index is 12.7. The first-order valence-corrected chi connectivity index (χ1v) is 13.3. The van der Waals surface area contributed by atoms with Gasteiger partial charge in [0.2, 0.25) is 0 Å². The van der Waals surface area contributed by atoms with Gasteiger partial charge in [0.1, 0.15) is 17.0 Å². The predicted octanol–water partition coefficient (Wildman–Crippen LogP) is 5.95. The van der Waals surface area contributed by atoms with Crippen LogP contribution in [0.3, 0.4) is 0 Å². The molecule has 0 atom stereocenters. The van der Waals surface area contributed by atoms with Gasteiger partial charge in [-0.1, -0.05) is 0 Å². The van der Waals surface area contributed by atoms with Crippen LogP contribution in [0.1, 0.15) is 0 Å². The molecule has 5 nitrogen and oxygen atoms in total. The quantitative estimate of drug-likeness (QED) is 0.195. The molecular formula is C21H18IN3O2S2. The summed E-state index contributed by atoms with van der Waals surface area (Å²) >= 11 is 3.86. The zero-order chi connectivity index (χ0) is 20.5. The highest BCUT2D eigenvalue weighted by Gasteiger charge is 2.17. The second-order valence-electron chi connectivity index (χ2n) is 6.46. The summed E-state index contributed by atoms with van der Waals surface area (Å²) in [4.78, 5) is 13.9. The number of aryl methyl sites for hydroxylation is 1. The molecular weight excluding hydrogens is 517 g/mol. The van der Waals surface area contributed by atoms with E-state index in [9.17, 15) is 4.79 Å². The van der Waals surface area contributed by atoms with Crippen LogP contribution in [0, 0.1) is 0 Å². The summed E-state index contributed by atoms with van der Waals surface area (Å²) in [5, 5.41) is 0.866. The van der Waals surface area contributed by atoms with Gasteiger partial charge in [0.05, 0.1) is 0 Å². The molecule has 0 aliphatic heterocycles. The van der Waals surface area contributed by atoms with Gasteiger partial charge in [-0.25, -0.2) is 0 Å². The molecule has 0 aliphatic rings. The number of hydrogen-bond donors (Lipinski definition) is 1. The summed E-state index contributed by atoms with van der Waals surface area (Å²) in [6, 6.07) is 15.5. The molecule has 8 heteroatoms. The van der Waals surface area contributed by atoms with Gasteiger partial charge in [-0.2, -0.15) is 0 Å². The Morgan fingerprint density at radius 1 is 1.07 bits per heavy atom. The number of nitrogens with two attached hydrogens (primary N) is 1. The Bertz CT molecular complexity index is 1250. The number of ether oxygens (including phenoxy) is 1. The van der Waals surface area contributed by atoms with Crippen LogP contribution in [0.15, 0.2) is 70.6 Å². The molecule has 0 amide bonds. The lowest BCUT2D eigenvalue weighted by atomic mass is 10.0. The Labute approximate surface area is 189 Å². The highest BCUT2D eigenvalue weighted by Crippen LogP contribution is 2.39. The molecule has 2 heterocycles. The average Bonchev–Trinajstić information content (AvgIpc) is 3.17. The van der Waals surface area contributed by atoms with Gasteiger partial charge in [0.25, 0.3) is 5.56 Å². The highest BCUT2D eigenvalue weighted by molar-refractivity contribution is 14.2. The van der Waals surface area contributed by atoms with Crippen molar-refractivity contribution in [2.75, 3.05) is 12.0 Å². The molecule has 0 unspecified atom stereocenters. The number of benzene rings is 2. The van der Waals surface area contributed by atoms with E-state index in [1.165, 1.54) is 14.0 Å². The van der Waals surface area contributed by atoms with Gasteiger partial charge >= 0.3 is 0 Å². The molecule has 0 saturated heterocycles. The van der Waals surface area contributed by atoms with E-state index in [0.29, 0.717) is 17.0 Å². The van der Waals surface area contributed by atoms with Crippen LogP contribution in [0.4, 0.5) is 5.69 Å². The maximum Gasteiger partial charge on any atom is 0.275 e. The lowest BCUT2D eigenvalue weighted by Crippen LogP contribution is -2.17. The number of thioether (sulfide) groups is 1. The smallest absolute Gasteiger partial charge is 0.275 e. The van der Waals surface area contributed by atoms with E-state index in [0.717, 1.165) is 22.3 Å². The molecule has 29 heavy (non-hydrogen) atoms. The van der Waals surface area contributed by atoms with Crippen molar-refractivity contribution in [3.63, 3.8) is 0 Å². The minimum absolute atomic E-state index is 0.0445. The molecule has 2 aromatic heterocycles. The normalized spacial score (nSPS) is 11.1. The standard InChI is InChI=1S/C21H18IN3O2S2/c1-24-12-18(16-9-10-25(29-22)20(16)21(24)26)17-11-13(23)3-8-19(17)27-14-4-6-15(28-2)7-5-14/h3-12H,23H2,1-2H3. The van der Waals surface area contributed by atoms with Crippen molar-refractivity contribution in [3.8, 4) is 22.6 Å². The summed E-state index contributed by atoms with van der Waals surface area (Å²) < 4.78 is 9.67. The predicted molar refractivity (Wildman–Crippen MR) is 132 cm³/mol. The number of nitrogens with zero attached hydrogens (tertiary/aromatic N) is 2. The zero-order valence-electron chi connectivity index (χ0n) is 15.8. The minimum Gasteiger partial charge on any atom is -0.457 e. The van der Waals surface area contributed by atoms with Crippen molar-refractivity contribution in [2.24, 2.45) is 7.05 Å². The van der Waals surface area contributed by atoms with Crippen LogP contribution in [0.5, 0.6) is 11.5 Å². The molecule has 0 fully saturated rings.